The molecule has 1 aliphatic heterocycles. The van der Waals surface area contributed by atoms with Crippen molar-refractivity contribution >= 4 is 11.8 Å². The number of pyridine rings is 1. The molecule has 2 N–H and O–H groups in total. The minimum atomic E-state index is 0.296. The Morgan fingerprint density at radius 2 is 2.22 bits per heavy atom. The third-order valence-corrected chi connectivity index (χ3v) is 5.85. The fourth-order valence-electron chi connectivity index (χ4n) is 3.35. The number of fused-ring (bicyclic) bond motifs is 1. The van der Waals surface area contributed by atoms with Gasteiger partial charge in [-0.05, 0) is 49.5 Å². The molecule has 0 bridgehead atoms. The van der Waals surface area contributed by atoms with Crippen LogP contribution in [0.15, 0.2) is 18.3 Å². The van der Waals surface area contributed by atoms with Crippen molar-refractivity contribution in [2.24, 2.45) is 5.73 Å². The first-order chi connectivity index (χ1) is 8.86. The third-order valence-electron chi connectivity index (χ3n) is 4.35. The van der Waals surface area contributed by atoms with Crippen molar-refractivity contribution in [1.82, 2.24) is 4.98 Å². The minimum Gasteiger partial charge on any atom is -0.326 e. The number of hydrogen-bond acceptors (Lipinski definition) is 3. The highest BCUT2D eigenvalue weighted by Crippen LogP contribution is 2.38. The fraction of sp³-hybridized carbons (Fsp3) is 0.667. The van der Waals surface area contributed by atoms with Crippen LogP contribution < -0.4 is 5.73 Å². The van der Waals surface area contributed by atoms with Gasteiger partial charge in [-0.3, -0.25) is 4.98 Å². The highest BCUT2D eigenvalue weighted by Gasteiger charge is 2.32. The summed E-state index contributed by atoms with van der Waals surface area (Å²) in [5.41, 5.74) is 9.31. The molecule has 0 saturated carbocycles. The molecule has 2 aliphatic rings. The lowest BCUT2D eigenvalue weighted by molar-refractivity contribution is 0.424. The molecule has 0 spiro atoms. The van der Waals surface area contributed by atoms with Crippen molar-refractivity contribution in [3.63, 3.8) is 0 Å². The van der Waals surface area contributed by atoms with Gasteiger partial charge in [-0.1, -0.05) is 12.5 Å². The maximum Gasteiger partial charge on any atom is 0.0482 e. The van der Waals surface area contributed by atoms with Gasteiger partial charge in [-0.2, -0.15) is 11.8 Å². The number of rotatable bonds is 2. The Morgan fingerprint density at radius 3 is 3.06 bits per heavy atom. The van der Waals surface area contributed by atoms with E-state index in [0.717, 1.165) is 0 Å². The van der Waals surface area contributed by atoms with Crippen LogP contribution in [0.25, 0.3) is 0 Å². The van der Waals surface area contributed by atoms with E-state index in [4.69, 9.17) is 5.73 Å². The Morgan fingerprint density at radius 1 is 1.28 bits per heavy atom. The average molecular weight is 262 g/mol. The van der Waals surface area contributed by atoms with Gasteiger partial charge in [0.05, 0.1) is 0 Å². The van der Waals surface area contributed by atoms with Gasteiger partial charge in [0.1, 0.15) is 0 Å². The van der Waals surface area contributed by atoms with Crippen LogP contribution in [0, 0.1) is 0 Å². The van der Waals surface area contributed by atoms with E-state index in [2.05, 4.69) is 28.9 Å². The summed E-state index contributed by atoms with van der Waals surface area (Å²) in [5, 5.41) is 0.650. The summed E-state index contributed by atoms with van der Waals surface area (Å²) in [4.78, 5) is 4.63. The van der Waals surface area contributed by atoms with Gasteiger partial charge in [0.25, 0.3) is 0 Å². The summed E-state index contributed by atoms with van der Waals surface area (Å²) >= 11 is 2.09. The summed E-state index contributed by atoms with van der Waals surface area (Å²) in [6.07, 6.45) is 9.63. The Labute approximate surface area is 114 Å². The number of aromatic nitrogens is 1. The van der Waals surface area contributed by atoms with E-state index in [1.165, 1.54) is 55.5 Å². The summed E-state index contributed by atoms with van der Waals surface area (Å²) in [6.45, 7) is 0. The number of hydrogen-bond donors (Lipinski definition) is 1. The maximum absolute atomic E-state index is 6.58. The van der Waals surface area contributed by atoms with E-state index in [1.54, 1.807) is 0 Å². The molecule has 3 atom stereocenters. The van der Waals surface area contributed by atoms with E-state index in [1.807, 2.05) is 6.20 Å². The van der Waals surface area contributed by atoms with E-state index < -0.39 is 0 Å². The van der Waals surface area contributed by atoms with Gasteiger partial charge >= 0.3 is 0 Å². The molecule has 2 nitrogen and oxygen atoms in total. The van der Waals surface area contributed by atoms with Gasteiger partial charge in [0.15, 0.2) is 0 Å². The van der Waals surface area contributed by atoms with Crippen molar-refractivity contribution in [2.45, 2.75) is 55.7 Å². The van der Waals surface area contributed by atoms with Gasteiger partial charge in [0.2, 0.25) is 0 Å². The molecule has 0 amide bonds. The van der Waals surface area contributed by atoms with E-state index in [0.29, 0.717) is 17.2 Å². The zero-order valence-corrected chi connectivity index (χ0v) is 11.7. The molecule has 1 fully saturated rings. The summed E-state index contributed by atoms with van der Waals surface area (Å²) < 4.78 is 0. The Hall–Kier alpha value is -0.540. The highest BCUT2D eigenvalue weighted by molar-refractivity contribution is 8.00. The fourth-order valence-corrected chi connectivity index (χ4v) is 4.77. The molecule has 3 heteroatoms. The molecule has 1 aromatic rings. The lowest BCUT2D eigenvalue weighted by Gasteiger charge is -2.35. The van der Waals surface area contributed by atoms with Crippen molar-refractivity contribution < 1.29 is 0 Å². The van der Waals surface area contributed by atoms with Crippen LogP contribution in [-0.2, 0) is 6.42 Å². The topological polar surface area (TPSA) is 38.9 Å². The van der Waals surface area contributed by atoms with E-state index >= 15 is 0 Å². The van der Waals surface area contributed by atoms with Gasteiger partial charge in [-0.15, -0.1) is 0 Å². The second-order valence-electron chi connectivity index (χ2n) is 5.53. The van der Waals surface area contributed by atoms with Gasteiger partial charge in [-0.25, -0.2) is 0 Å². The quantitative estimate of drug-likeness (QED) is 0.890. The smallest absolute Gasteiger partial charge is 0.0482 e. The third kappa shape index (κ3) is 2.43. The molecular formula is C15H22N2S. The molecule has 1 aromatic heterocycles. The molecule has 3 unspecified atom stereocenters. The van der Waals surface area contributed by atoms with Crippen LogP contribution in [-0.4, -0.2) is 22.0 Å². The number of nitrogens with two attached hydrogens (primary N) is 1. The molecule has 1 aliphatic carbocycles. The predicted molar refractivity (Wildman–Crippen MR) is 78.0 cm³/mol. The number of thioether (sulfide) groups is 1. The zero-order valence-electron chi connectivity index (χ0n) is 10.8. The van der Waals surface area contributed by atoms with E-state index in [-0.39, 0.29) is 0 Å². The van der Waals surface area contributed by atoms with Crippen molar-refractivity contribution in [3.05, 3.63) is 29.6 Å². The van der Waals surface area contributed by atoms with Crippen LogP contribution in [0.3, 0.4) is 0 Å². The van der Waals surface area contributed by atoms with Crippen LogP contribution in [0.1, 0.15) is 49.3 Å². The molecule has 3 rings (SSSR count). The van der Waals surface area contributed by atoms with Crippen LogP contribution >= 0.6 is 11.8 Å². The molecule has 98 valence electrons. The zero-order chi connectivity index (χ0) is 12.4. The van der Waals surface area contributed by atoms with Gasteiger partial charge in [0, 0.05) is 29.1 Å². The largest absolute Gasteiger partial charge is 0.326 e. The summed E-state index contributed by atoms with van der Waals surface area (Å²) in [5.74, 6) is 1.78. The first-order valence-electron chi connectivity index (χ1n) is 7.17. The van der Waals surface area contributed by atoms with E-state index in [9.17, 15) is 0 Å². The first-order valence-corrected chi connectivity index (χ1v) is 8.22. The molecule has 0 radical (unpaired) electrons. The summed E-state index contributed by atoms with van der Waals surface area (Å²) in [7, 11) is 0. The Bertz CT molecular complexity index is 401. The Kier molecular flexibility index (Phi) is 3.90. The lowest BCUT2D eigenvalue weighted by Crippen LogP contribution is -2.41. The molecular weight excluding hydrogens is 240 g/mol. The number of nitrogens with zero attached hydrogens (tertiary/aromatic N) is 1. The maximum atomic E-state index is 6.58. The van der Waals surface area contributed by atoms with Crippen molar-refractivity contribution in [1.29, 1.82) is 0 Å². The van der Waals surface area contributed by atoms with Crippen molar-refractivity contribution in [3.8, 4) is 0 Å². The number of aryl methyl sites for hydroxylation is 1. The molecule has 2 heterocycles. The predicted octanol–water partition coefficient (Wildman–Crippen LogP) is 3.11. The second-order valence-corrected chi connectivity index (χ2v) is 6.88. The van der Waals surface area contributed by atoms with Crippen LogP contribution in [0.4, 0.5) is 0 Å². The highest BCUT2D eigenvalue weighted by atomic mass is 32.2. The minimum absolute atomic E-state index is 0.296. The van der Waals surface area contributed by atoms with Crippen molar-refractivity contribution in [2.75, 3.05) is 5.75 Å². The monoisotopic (exact) mass is 262 g/mol. The Balaban J connectivity index is 1.80. The molecule has 0 aromatic carbocycles. The molecule has 1 saturated heterocycles. The SMILES string of the molecule is NC(C1CCCCS1)C1CCCc2cccnc21. The standard InChI is InChI=1S/C15H22N2S/c16-14(13-8-1-2-10-18-13)12-7-3-5-11-6-4-9-17-15(11)12/h4,6,9,12-14H,1-3,5,7-8,10,16H2. The lowest BCUT2D eigenvalue weighted by atomic mass is 9.80. The average Bonchev–Trinajstić information content (AvgIpc) is 2.47. The normalized spacial score (nSPS) is 29.6. The van der Waals surface area contributed by atoms with Gasteiger partial charge < -0.3 is 5.73 Å². The van der Waals surface area contributed by atoms with Crippen LogP contribution in [0.2, 0.25) is 0 Å². The second kappa shape index (κ2) is 5.62. The molecule has 18 heavy (non-hydrogen) atoms. The first kappa shape index (κ1) is 12.5. The van der Waals surface area contributed by atoms with Crippen LogP contribution in [0.5, 0.6) is 0 Å². The summed E-state index contributed by atoms with van der Waals surface area (Å²) in [6, 6.07) is 4.58.